The second-order valence-electron chi connectivity index (χ2n) is 6.38. The molecule has 1 aliphatic rings. The van der Waals surface area contributed by atoms with Gasteiger partial charge in [-0.3, -0.25) is 25.5 Å². The zero-order valence-corrected chi connectivity index (χ0v) is 15.4. The first kappa shape index (κ1) is 22.5. The van der Waals surface area contributed by atoms with Crippen LogP contribution in [0.4, 0.5) is 5.82 Å². The van der Waals surface area contributed by atoms with Gasteiger partial charge in [-0.05, 0) is 18.9 Å². The van der Waals surface area contributed by atoms with E-state index >= 15 is 0 Å². The van der Waals surface area contributed by atoms with Gasteiger partial charge in [0.2, 0.25) is 0 Å². The quantitative estimate of drug-likeness (QED) is 0.0655. The van der Waals surface area contributed by atoms with Crippen molar-refractivity contribution < 1.29 is 29.7 Å². The van der Waals surface area contributed by atoms with Crippen molar-refractivity contribution in [2.24, 2.45) is 11.5 Å². The lowest BCUT2D eigenvalue weighted by molar-refractivity contribution is -0.151. The number of ether oxygens (including phenoxy) is 2. The Morgan fingerprint density at radius 1 is 1.45 bits per heavy atom. The Kier molecular flexibility index (Phi) is 7.86. The Bertz CT molecular complexity index is 774. The van der Waals surface area contributed by atoms with Crippen LogP contribution >= 0.6 is 0 Å². The molecule has 1 saturated heterocycles. The van der Waals surface area contributed by atoms with E-state index in [4.69, 9.17) is 31.6 Å². The number of nitrogens with zero attached hydrogens (tertiary/aromatic N) is 2. The molecule has 0 aromatic carbocycles. The molecule has 10 N–H and O–H groups in total. The van der Waals surface area contributed by atoms with Crippen molar-refractivity contribution in [2.45, 2.75) is 43.4 Å². The number of rotatable bonds is 9. The highest BCUT2D eigenvalue weighted by Crippen LogP contribution is 2.28. The number of nitrogens with one attached hydrogen (secondary N) is 3. The van der Waals surface area contributed by atoms with Gasteiger partial charge in [0.25, 0.3) is 0 Å². The summed E-state index contributed by atoms with van der Waals surface area (Å²) < 4.78 is 11.4. The molecule has 1 fully saturated rings. The van der Waals surface area contributed by atoms with Crippen LogP contribution in [0.25, 0.3) is 0 Å². The molecule has 1 aliphatic heterocycles. The largest absolute Gasteiger partial charge is 0.462 e. The molecule has 14 nitrogen and oxygen atoms in total. The molecule has 0 saturated carbocycles. The van der Waals surface area contributed by atoms with Gasteiger partial charge in [-0.25, -0.2) is 4.79 Å². The summed E-state index contributed by atoms with van der Waals surface area (Å²) in [5.41, 5.74) is 11.7. The van der Waals surface area contributed by atoms with Gasteiger partial charge in [-0.1, -0.05) is 0 Å². The average Bonchev–Trinajstić information content (AvgIpc) is 2.97. The number of aliphatic hydroxyl groups is 2. The number of guanidine groups is 1. The first-order valence-electron chi connectivity index (χ1n) is 8.75. The molecule has 0 amide bonds. The van der Waals surface area contributed by atoms with Crippen LogP contribution in [0.3, 0.4) is 0 Å². The molecule has 0 radical (unpaired) electrons. The molecule has 162 valence electrons. The van der Waals surface area contributed by atoms with Gasteiger partial charge in [-0.2, -0.15) is 4.98 Å². The van der Waals surface area contributed by atoms with Gasteiger partial charge in [0.05, 0.1) is 0 Å². The lowest BCUT2D eigenvalue weighted by Gasteiger charge is -2.17. The van der Waals surface area contributed by atoms with E-state index in [1.165, 1.54) is 12.3 Å². The fourth-order valence-corrected chi connectivity index (χ4v) is 2.70. The van der Waals surface area contributed by atoms with Crippen LogP contribution in [-0.4, -0.2) is 74.4 Å². The summed E-state index contributed by atoms with van der Waals surface area (Å²) in [6.07, 6.45) is -3.27. The maximum absolute atomic E-state index is 12.0. The summed E-state index contributed by atoms with van der Waals surface area (Å²) >= 11 is 0. The fourth-order valence-electron chi connectivity index (χ4n) is 2.70. The standard InChI is InChI=1S/C15H25N7O7/c16-7(2-1-4-19-14(17)18)13(25)28-6-8-10(23)11(24)12(29-8)22-5-3-9(21-27)20-15(22)26/h3,5,7-8,10-12,23-24,27H,1-2,4,6,16H2,(H4,17,18,19)(H,20,21,26)/t7-,8+,10+,11+,12+/m0/s1. The van der Waals surface area contributed by atoms with Crippen molar-refractivity contribution in [2.75, 3.05) is 18.6 Å². The topological polar surface area (TPSA) is 231 Å². The van der Waals surface area contributed by atoms with Crippen molar-refractivity contribution >= 4 is 17.7 Å². The summed E-state index contributed by atoms with van der Waals surface area (Å²) in [6.45, 7) is -0.00652. The third-order valence-corrected chi connectivity index (χ3v) is 4.26. The smallest absolute Gasteiger partial charge is 0.351 e. The Balaban J connectivity index is 1.88. The van der Waals surface area contributed by atoms with Gasteiger partial charge in [0.1, 0.15) is 31.0 Å². The minimum absolute atomic E-state index is 0.0998. The number of hydrogen-bond acceptors (Lipinski definition) is 11. The molecular formula is C15H25N7O7. The average molecular weight is 415 g/mol. The van der Waals surface area contributed by atoms with Crippen LogP contribution in [-0.2, 0) is 14.3 Å². The SMILES string of the molecule is N=C(N)NCCC[C@H](N)C(=O)OC[C@H]1O[C@@H](n2ccc(NO)nc2=O)[C@H](O)[C@@H]1O. The van der Waals surface area contributed by atoms with Crippen LogP contribution < -0.4 is 28.0 Å². The Morgan fingerprint density at radius 3 is 2.79 bits per heavy atom. The molecule has 0 spiro atoms. The summed E-state index contributed by atoms with van der Waals surface area (Å²) in [7, 11) is 0. The van der Waals surface area contributed by atoms with Gasteiger partial charge in [0, 0.05) is 12.7 Å². The van der Waals surface area contributed by atoms with Crippen LogP contribution in [0.2, 0.25) is 0 Å². The molecule has 0 unspecified atom stereocenters. The zero-order valence-electron chi connectivity index (χ0n) is 15.4. The van der Waals surface area contributed by atoms with Crippen LogP contribution in [0.1, 0.15) is 19.1 Å². The van der Waals surface area contributed by atoms with Gasteiger partial charge >= 0.3 is 11.7 Å². The Hall–Kier alpha value is -2.78. The van der Waals surface area contributed by atoms with Crippen molar-refractivity contribution in [3.63, 3.8) is 0 Å². The van der Waals surface area contributed by atoms with E-state index in [-0.39, 0.29) is 24.8 Å². The molecule has 0 bridgehead atoms. The summed E-state index contributed by atoms with van der Waals surface area (Å²) in [5, 5.41) is 38.7. The Labute approximate surface area is 164 Å². The number of aliphatic hydroxyl groups excluding tert-OH is 2. The molecule has 0 aliphatic carbocycles. The van der Waals surface area contributed by atoms with E-state index in [0.29, 0.717) is 13.0 Å². The van der Waals surface area contributed by atoms with Crippen molar-refractivity contribution in [1.82, 2.24) is 14.9 Å². The van der Waals surface area contributed by atoms with E-state index in [1.54, 1.807) is 5.48 Å². The summed E-state index contributed by atoms with van der Waals surface area (Å²) in [6, 6.07) is 0.338. The lowest BCUT2D eigenvalue weighted by atomic mass is 10.1. The van der Waals surface area contributed by atoms with Gasteiger partial charge in [-0.15, -0.1) is 0 Å². The number of aromatic nitrogens is 2. The first-order valence-corrected chi connectivity index (χ1v) is 8.75. The zero-order chi connectivity index (χ0) is 21.6. The second kappa shape index (κ2) is 10.1. The minimum Gasteiger partial charge on any atom is -0.462 e. The first-order chi connectivity index (χ1) is 13.7. The third kappa shape index (κ3) is 5.85. The third-order valence-electron chi connectivity index (χ3n) is 4.26. The summed E-state index contributed by atoms with van der Waals surface area (Å²) in [4.78, 5) is 27.4. The van der Waals surface area contributed by atoms with E-state index in [1.807, 2.05) is 0 Å². The normalized spacial score (nSPS) is 24.7. The molecule has 2 rings (SSSR count). The van der Waals surface area contributed by atoms with Crippen LogP contribution in [0, 0.1) is 5.41 Å². The number of carbonyl (C=O) groups excluding carboxylic acids is 1. The number of anilines is 1. The molecule has 14 heteroatoms. The van der Waals surface area contributed by atoms with Crippen molar-refractivity contribution in [3.05, 3.63) is 22.7 Å². The van der Waals surface area contributed by atoms with E-state index in [2.05, 4.69) is 10.3 Å². The predicted molar refractivity (Wildman–Crippen MR) is 97.9 cm³/mol. The number of nitrogens with two attached hydrogens (primary N) is 2. The number of carbonyl (C=O) groups is 1. The highest BCUT2D eigenvalue weighted by atomic mass is 16.6. The second-order valence-corrected chi connectivity index (χ2v) is 6.38. The molecule has 29 heavy (non-hydrogen) atoms. The summed E-state index contributed by atoms with van der Waals surface area (Å²) in [5.74, 6) is -1.01. The highest BCUT2D eigenvalue weighted by Gasteiger charge is 2.44. The molecule has 1 aromatic heterocycles. The molecule has 1 aromatic rings. The van der Waals surface area contributed by atoms with E-state index < -0.39 is 42.2 Å². The lowest BCUT2D eigenvalue weighted by Crippen LogP contribution is -2.38. The number of hydrogen-bond donors (Lipinski definition) is 8. The number of esters is 1. The maximum atomic E-state index is 12.0. The highest BCUT2D eigenvalue weighted by molar-refractivity contribution is 5.75. The van der Waals surface area contributed by atoms with Crippen molar-refractivity contribution in [1.29, 1.82) is 5.41 Å². The van der Waals surface area contributed by atoms with Crippen molar-refractivity contribution in [3.8, 4) is 0 Å². The minimum atomic E-state index is -1.47. The van der Waals surface area contributed by atoms with E-state index in [9.17, 15) is 19.8 Å². The van der Waals surface area contributed by atoms with Gasteiger partial charge < -0.3 is 36.5 Å². The maximum Gasteiger partial charge on any atom is 0.351 e. The monoisotopic (exact) mass is 415 g/mol. The van der Waals surface area contributed by atoms with Crippen LogP contribution in [0.5, 0.6) is 0 Å². The molecular weight excluding hydrogens is 390 g/mol. The Morgan fingerprint density at radius 2 is 2.17 bits per heavy atom. The fraction of sp³-hybridized carbons (Fsp3) is 0.600. The predicted octanol–water partition coefficient (Wildman–Crippen LogP) is -3.20. The van der Waals surface area contributed by atoms with E-state index in [0.717, 1.165) is 4.57 Å². The van der Waals surface area contributed by atoms with Gasteiger partial charge in [0.15, 0.2) is 18.0 Å². The van der Waals surface area contributed by atoms with Crippen LogP contribution in [0.15, 0.2) is 17.1 Å². The molecule has 5 atom stereocenters. The molecule has 2 heterocycles.